The average molecular weight is 422 g/mol. The number of nitrogens with zero attached hydrogens (tertiary/aromatic N) is 4. The molecule has 0 bridgehead atoms. The molecule has 0 radical (unpaired) electrons. The van der Waals surface area contributed by atoms with Crippen molar-refractivity contribution in [3.8, 4) is 0 Å². The first-order chi connectivity index (χ1) is 14.5. The molecule has 1 amide bonds. The summed E-state index contributed by atoms with van der Waals surface area (Å²) in [5, 5.41) is 15.8. The number of amides is 1. The van der Waals surface area contributed by atoms with E-state index < -0.39 is 0 Å². The lowest BCUT2D eigenvalue weighted by molar-refractivity contribution is 0.0926. The molecule has 0 fully saturated rings. The third-order valence-electron chi connectivity index (χ3n) is 5.02. The first kappa shape index (κ1) is 20.0. The first-order valence-electron chi connectivity index (χ1n) is 9.69. The van der Waals surface area contributed by atoms with E-state index in [0.29, 0.717) is 24.4 Å². The molecule has 30 heavy (non-hydrogen) atoms. The second kappa shape index (κ2) is 8.62. The molecule has 1 atom stereocenters. The molecule has 4 rings (SSSR count). The Kier molecular flexibility index (Phi) is 5.76. The minimum absolute atomic E-state index is 0.223. The fraction of sp³-hybridized carbons (Fsp3) is 0.273. The molecule has 0 aromatic carbocycles. The van der Waals surface area contributed by atoms with Gasteiger partial charge in [-0.3, -0.25) is 14.5 Å². The van der Waals surface area contributed by atoms with Crippen molar-refractivity contribution in [1.29, 1.82) is 0 Å². The van der Waals surface area contributed by atoms with Crippen molar-refractivity contribution < 1.29 is 9.32 Å². The zero-order valence-electron chi connectivity index (χ0n) is 17.1. The summed E-state index contributed by atoms with van der Waals surface area (Å²) in [5.74, 6) is 0.343. The van der Waals surface area contributed by atoms with Crippen LogP contribution in [0.4, 0.5) is 0 Å². The number of thiophene rings is 1. The molecule has 0 unspecified atom stereocenters. The van der Waals surface area contributed by atoms with E-state index in [9.17, 15) is 4.79 Å². The van der Waals surface area contributed by atoms with Gasteiger partial charge in [0.2, 0.25) is 0 Å². The van der Waals surface area contributed by atoms with Gasteiger partial charge in [-0.05, 0) is 67.3 Å². The van der Waals surface area contributed by atoms with Gasteiger partial charge in [0.25, 0.3) is 5.91 Å². The van der Waals surface area contributed by atoms with Crippen molar-refractivity contribution in [3.63, 3.8) is 0 Å². The Balaban J connectivity index is 1.59. The van der Waals surface area contributed by atoms with Gasteiger partial charge >= 0.3 is 0 Å². The summed E-state index contributed by atoms with van der Waals surface area (Å²) in [6, 6.07) is 7.68. The van der Waals surface area contributed by atoms with Gasteiger partial charge < -0.3 is 9.84 Å². The van der Waals surface area contributed by atoms with E-state index in [1.807, 2.05) is 49.0 Å². The maximum atomic E-state index is 13.2. The topological polar surface area (TPSA) is 85.8 Å². The molecule has 0 aliphatic heterocycles. The first-order valence-corrected chi connectivity index (χ1v) is 10.6. The number of hydrogen-bond acceptors (Lipinski definition) is 6. The minimum Gasteiger partial charge on any atom is -0.361 e. The van der Waals surface area contributed by atoms with Crippen molar-refractivity contribution in [2.45, 2.75) is 39.8 Å². The molecule has 0 aliphatic carbocycles. The predicted octanol–water partition coefficient (Wildman–Crippen LogP) is 4.01. The summed E-state index contributed by atoms with van der Waals surface area (Å²) in [6.07, 6.45) is 4.17. The predicted molar refractivity (Wildman–Crippen MR) is 115 cm³/mol. The van der Waals surface area contributed by atoms with Gasteiger partial charge in [0.05, 0.1) is 18.3 Å². The van der Waals surface area contributed by atoms with E-state index in [-0.39, 0.29) is 11.9 Å². The normalized spacial score (nSPS) is 12.1. The molecular formula is C22H23N5O2S. The van der Waals surface area contributed by atoms with Crippen LogP contribution in [0.15, 0.2) is 51.9 Å². The molecule has 4 heterocycles. The van der Waals surface area contributed by atoms with E-state index in [1.165, 1.54) is 0 Å². The van der Waals surface area contributed by atoms with Crippen LogP contribution >= 0.6 is 11.3 Å². The number of carbonyl (C=O) groups excluding carboxylic acids is 1. The van der Waals surface area contributed by atoms with E-state index >= 15 is 0 Å². The van der Waals surface area contributed by atoms with Gasteiger partial charge in [0.15, 0.2) is 5.69 Å². The van der Waals surface area contributed by atoms with Crippen LogP contribution in [0.3, 0.4) is 0 Å². The summed E-state index contributed by atoms with van der Waals surface area (Å²) in [7, 11) is 0. The molecule has 0 saturated carbocycles. The number of carbonyl (C=O) groups is 1. The second-order valence-corrected chi connectivity index (χ2v) is 8.08. The average Bonchev–Trinajstić information content (AvgIpc) is 3.44. The van der Waals surface area contributed by atoms with Crippen molar-refractivity contribution in [2.75, 3.05) is 0 Å². The lowest BCUT2D eigenvalue weighted by atomic mass is 10.0. The van der Waals surface area contributed by atoms with Crippen LogP contribution in [0.1, 0.15) is 50.4 Å². The number of hydrogen-bond donors (Lipinski definition) is 1. The number of aromatic nitrogens is 4. The van der Waals surface area contributed by atoms with Gasteiger partial charge in [0.1, 0.15) is 5.76 Å². The van der Waals surface area contributed by atoms with Gasteiger partial charge in [-0.15, -0.1) is 0 Å². The number of rotatable bonds is 7. The lowest BCUT2D eigenvalue weighted by Gasteiger charge is -2.18. The summed E-state index contributed by atoms with van der Waals surface area (Å²) in [4.78, 5) is 17.4. The maximum Gasteiger partial charge on any atom is 0.274 e. The summed E-state index contributed by atoms with van der Waals surface area (Å²) in [5.41, 5.74) is 5.08. The zero-order chi connectivity index (χ0) is 21.1. The van der Waals surface area contributed by atoms with Crippen LogP contribution in [-0.2, 0) is 13.0 Å². The SMILES string of the molecule is Cc1cc(C)n(Cc2c(C(=O)N[C@@H](Cc3ccsc3)c3cccnc3)noc2C)n1. The van der Waals surface area contributed by atoms with Crippen LogP contribution in [0, 0.1) is 20.8 Å². The van der Waals surface area contributed by atoms with Crippen molar-refractivity contribution in [1.82, 2.24) is 25.2 Å². The minimum atomic E-state index is -0.271. The molecule has 4 aromatic heterocycles. The Hall–Kier alpha value is -3.26. The van der Waals surface area contributed by atoms with Crippen molar-refractivity contribution in [2.24, 2.45) is 0 Å². The Morgan fingerprint density at radius 2 is 2.17 bits per heavy atom. The summed E-state index contributed by atoms with van der Waals surface area (Å²) >= 11 is 1.64. The molecule has 0 saturated heterocycles. The van der Waals surface area contributed by atoms with E-state index in [2.05, 4.69) is 32.0 Å². The number of nitrogens with one attached hydrogen (secondary N) is 1. The quantitative estimate of drug-likeness (QED) is 0.487. The largest absolute Gasteiger partial charge is 0.361 e. The molecule has 1 N–H and O–H groups in total. The Morgan fingerprint density at radius 3 is 2.83 bits per heavy atom. The van der Waals surface area contributed by atoms with Gasteiger partial charge in [-0.25, -0.2) is 0 Å². The molecular weight excluding hydrogens is 398 g/mol. The molecule has 7 nitrogen and oxygen atoms in total. The van der Waals surface area contributed by atoms with E-state index in [0.717, 1.165) is 28.1 Å². The number of aryl methyl sites for hydroxylation is 3. The van der Waals surface area contributed by atoms with Gasteiger partial charge in [-0.2, -0.15) is 16.4 Å². The smallest absolute Gasteiger partial charge is 0.274 e. The van der Waals surface area contributed by atoms with Crippen LogP contribution in [0.5, 0.6) is 0 Å². The Labute approximate surface area is 178 Å². The van der Waals surface area contributed by atoms with E-state index in [1.54, 1.807) is 23.7 Å². The highest BCUT2D eigenvalue weighted by molar-refractivity contribution is 7.07. The summed E-state index contributed by atoms with van der Waals surface area (Å²) in [6.45, 7) is 6.18. The molecule has 8 heteroatoms. The molecule has 154 valence electrons. The highest BCUT2D eigenvalue weighted by Crippen LogP contribution is 2.22. The molecule has 4 aromatic rings. The molecule has 0 aliphatic rings. The Bertz CT molecular complexity index is 1130. The zero-order valence-corrected chi connectivity index (χ0v) is 17.9. The van der Waals surface area contributed by atoms with Gasteiger partial charge in [-0.1, -0.05) is 11.2 Å². The lowest BCUT2D eigenvalue weighted by Crippen LogP contribution is -2.31. The standard InChI is InChI=1S/C22H23N5O2S/c1-14-9-15(2)27(25-14)12-19-16(3)29-26-21(19)22(28)24-20(10-17-6-8-30-13-17)18-5-4-7-23-11-18/h4-9,11,13,20H,10,12H2,1-3H3,(H,24,28)/t20-/m0/s1. The van der Waals surface area contributed by atoms with Crippen molar-refractivity contribution in [3.05, 3.63) is 87.0 Å². The third kappa shape index (κ3) is 4.33. The van der Waals surface area contributed by atoms with Crippen LogP contribution in [-0.4, -0.2) is 25.8 Å². The Morgan fingerprint density at radius 1 is 1.30 bits per heavy atom. The number of pyridine rings is 1. The highest BCUT2D eigenvalue weighted by atomic mass is 32.1. The monoisotopic (exact) mass is 421 g/mol. The van der Waals surface area contributed by atoms with Crippen LogP contribution in [0.25, 0.3) is 0 Å². The fourth-order valence-corrected chi connectivity index (χ4v) is 4.13. The van der Waals surface area contributed by atoms with Crippen LogP contribution in [0.2, 0.25) is 0 Å². The molecule has 0 spiro atoms. The van der Waals surface area contributed by atoms with Crippen molar-refractivity contribution >= 4 is 17.2 Å². The van der Waals surface area contributed by atoms with Crippen LogP contribution < -0.4 is 5.32 Å². The second-order valence-electron chi connectivity index (χ2n) is 7.30. The van der Waals surface area contributed by atoms with E-state index in [4.69, 9.17) is 4.52 Å². The summed E-state index contributed by atoms with van der Waals surface area (Å²) < 4.78 is 7.22. The third-order valence-corrected chi connectivity index (χ3v) is 5.76. The highest BCUT2D eigenvalue weighted by Gasteiger charge is 2.24. The fourth-order valence-electron chi connectivity index (χ4n) is 3.45. The van der Waals surface area contributed by atoms with Gasteiger partial charge in [0, 0.05) is 23.7 Å². The maximum absolute atomic E-state index is 13.2.